The summed E-state index contributed by atoms with van der Waals surface area (Å²) in [5.41, 5.74) is 5.20. The molecule has 0 aromatic heterocycles. The number of hydrogen-bond acceptors (Lipinski definition) is 4. The van der Waals surface area contributed by atoms with Crippen LogP contribution >= 0.6 is 11.6 Å². The maximum atomic E-state index is 13.0. The number of halogens is 2. The number of nitro groups is 1. The van der Waals surface area contributed by atoms with Gasteiger partial charge in [-0.2, -0.15) is 0 Å². The van der Waals surface area contributed by atoms with Gasteiger partial charge >= 0.3 is 0 Å². The molecule has 2 rings (SSSR count). The van der Waals surface area contributed by atoms with Gasteiger partial charge in [-0.15, -0.1) is 0 Å². The van der Waals surface area contributed by atoms with Crippen LogP contribution in [0.25, 0.3) is 0 Å². The van der Waals surface area contributed by atoms with Crippen molar-refractivity contribution >= 4 is 34.6 Å². The highest BCUT2D eigenvalue weighted by atomic mass is 35.5. The zero-order valence-electron chi connectivity index (χ0n) is 10.5. The molecule has 6 nitrogen and oxygen atoms in total. The van der Waals surface area contributed by atoms with Gasteiger partial charge in [0, 0.05) is 11.8 Å². The molecule has 3 N–H and O–H groups in total. The van der Waals surface area contributed by atoms with Gasteiger partial charge in [0.1, 0.15) is 11.5 Å². The summed E-state index contributed by atoms with van der Waals surface area (Å²) in [7, 11) is 0. The Labute approximate surface area is 123 Å². The quantitative estimate of drug-likeness (QED) is 0.516. The van der Waals surface area contributed by atoms with Crippen LogP contribution in [0.2, 0.25) is 5.02 Å². The van der Waals surface area contributed by atoms with Gasteiger partial charge in [-0.05, 0) is 24.3 Å². The van der Waals surface area contributed by atoms with E-state index in [1.54, 1.807) is 0 Å². The van der Waals surface area contributed by atoms with Crippen molar-refractivity contribution in [1.29, 1.82) is 0 Å². The van der Waals surface area contributed by atoms with Gasteiger partial charge in [-0.1, -0.05) is 17.7 Å². The van der Waals surface area contributed by atoms with Crippen LogP contribution in [0.4, 0.5) is 21.5 Å². The molecule has 1 amide bonds. The number of nitrogen functional groups attached to an aromatic ring is 1. The molecule has 0 unspecified atom stereocenters. The largest absolute Gasteiger partial charge is 0.393 e. The molecule has 0 saturated carbocycles. The van der Waals surface area contributed by atoms with Gasteiger partial charge in [-0.3, -0.25) is 14.9 Å². The summed E-state index contributed by atoms with van der Waals surface area (Å²) in [6.45, 7) is 0. The standard InChI is InChI=1S/C13H9ClFN3O3/c14-9-6-7(4-5-10(9)15)17-13(19)8-2-1-3-11(12(8)16)18(20)21/h1-6H,16H2,(H,17,19). The minimum atomic E-state index is -0.680. The third-order valence-electron chi connectivity index (χ3n) is 2.70. The Kier molecular flexibility index (Phi) is 4.04. The van der Waals surface area contributed by atoms with Crippen LogP contribution in [0.15, 0.2) is 36.4 Å². The molecule has 0 aliphatic rings. The number of para-hydroxylation sites is 1. The minimum Gasteiger partial charge on any atom is -0.393 e. The average molecular weight is 310 g/mol. The fraction of sp³-hybridized carbons (Fsp3) is 0. The van der Waals surface area contributed by atoms with Gasteiger partial charge in [0.15, 0.2) is 0 Å². The summed E-state index contributed by atoms with van der Waals surface area (Å²) in [5.74, 6) is -1.27. The second-order valence-electron chi connectivity index (χ2n) is 4.08. The van der Waals surface area contributed by atoms with Crippen molar-refractivity contribution in [3.05, 3.63) is 62.9 Å². The number of nitrogens with two attached hydrogens (primary N) is 1. The fourth-order valence-corrected chi connectivity index (χ4v) is 1.86. The smallest absolute Gasteiger partial charge is 0.292 e. The minimum absolute atomic E-state index is 0.0513. The van der Waals surface area contributed by atoms with Crippen LogP contribution < -0.4 is 11.1 Å². The summed E-state index contributed by atoms with van der Waals surface area (Å²) < 4.78 is 13.0. The first-order valence-electron chi connectivity index (χ1n) is 5.69. The lowest BCUT2D eigenvalue weighted by Gasteiger charge is -2.08. The van der Waals surface area contributed by atoms with Crippen molar-refractivity contribution in [2.24, 2.45) is 0 Å². The number of hydrogen-bond donors (Lipinski definition) is 2. The van der Waals surface area contributed by atoms with Crippen molar-refractivity contribution in [2.75, 3.05) is 11.1 Å². The molecule has 108 valence electrons. The third-order valence-corrected chi connectivity index (χ3v) is 2.99. The second-order valence-corrected chi connectivity index (χ2v) is 4.49. The zero-order chi connectivity index (χ0) is 15.6. The number of nitrogens with zero attached hydrogens (tertiary/aromatic N) is 1. The number of benzene rings is 2. The van der Waals surface area contributed by atoms with Crippen molar-refractivity contribution in [3.8, 4) is 0 Å². The maximum Gasteiger partial charge on any atom is 0.292 e. The molecule has 0 saturated heterocycles. The summed E-state index contributed by atoms with van der Waals surface area (Å²) >= 11 is 5.60. The lowest BCUT2D eigenvalue weighted by atomic mass is 10.1. The van der Waals surface area contributed by atoms with Gasteiger partial charge < -0.3 is 11.1 Å². The van der Waals surface area contributed by atoms with Crippen molar-refractivity contribution < 1.29 is 14.1 Å². The van der Waals surface area contributed by atoms with Gasteiger partial charge in [0.05, 0.1) is 15.5 Å². The molecular formula is C13H9ClFN3O3. The summed E-state index contributed by atoms with van der Waals surface area (Å²) in [4.78, 5) is 22.1. The van der Waals surface area contributed by atoms with E-state index in [2.05, 4.69) is 5.32 Å². The van der Waals surface area contributed by atoms with Crippen LogP contribution in [0.1, 0.15) is 10.4 Å². The number of carbonyl (C=O) groups is 1. The SMILES string of the molecule is Nc1c(C(=O)Nc2ccc(F)c(Cl)c2)cccc1[N+](=O)[O-]. The first-order valence-corrected chi connectivity index (χ1v) is 6.07. The van der Waals surface area contributed by atoms with E-state index in [1.165, 1.54) is 30.3 Å². The molecule has 21 heavy (non-hydrogen) atoms. The molecule has 0 aliphatic carbocycles. The fourth-order valence-electron chi connectivity index (χ4n) is 1.68. The topological polar surface area (TPSA) is 98.3 Å². The van der Waals surface area contributed by atoms with Crippen LogP contribution in [-0.2, 0) is 0 Å². The molecule has 0 aliphatic heterocycles. The van der Waals surface area contributed by atoms with Crippen LogP contribution in [0.5, 0.6) is 0 Å². The number of anilines is 2. The molecule has 0 radical (unpaired) electrons. The predicted molar refractivity (Wildman–Crippen MR) is 76.9 cm³/mol. The molecule has 2 aromatic carbocycles. The highest BCUT2D eigenvalue weighted by Gasteiger charge is 2.19. The monoisotopic (exact) mass is 309 g/mol. The molecule has 0 bridgehead atoms. The van der Waals surface area contributed by atoms with E-state index in [9.17, 15) is 19.3 Å². The van der Waals surface area contributed by atoms with Gasteiger partial charge in [0.25, 0.3) is 11.6 Å². The Morgan fingerprint density at radius 3 is 2.67 bits per heavy atom. The highest BCUT2D eigenvalue weighted by Crippen LogP contribution is 2.26. The lowest BCUT2D eigenvalue weighted by Crippen LogP contribution is -2.15. The van der Waals surface area contributed by atoms with E-state index in [0.29, 0.717) is 0 Å². The Morgan fingerprint density at radius 2 is 2.05 bits per heavy atom. The van der Waals surface area contributed by atoms with Gasteiger partial charge in [-0.25, -0.2) is 4.39 Å². The molecule has 2 aromatic rings. The van der Waals surface area contributed by atoms with Gasteiger partial charge in [0.2, 0.25) is 0 Å². The molecule has 0 fully saturated rings. The van der Waals surface area contributed by atoms with E-state index < -0.39 is 16.6 Å². The Hall–Kier alpha value is -2.67. The second kappa shape index (κ2) is 5.76. The van der Waals surface area contributed by atoms with Crippen molar-refractivity contribution in [3.63, 3.8) is 0 Å². The predicted octanol–water partition coefficient (Wildman–Crippen LogP) is 3.22. The number of nitrogens with one attached hydrogen (secondary N) is 1. The van der Waals surface area contributed by atoms with Crippen molar-refractivity contribution in [2.45, 2.75) is 0 Å². The molecular weight excluding hydrogens is 301 g/mol. The first-order chi connectivity index (χ1) is 9.90. The summed E-state index contributed by atoms with van der Waals surface area (Å²) in [6.07, 6.45) is 0. The van der Waals surface area contributed by atoms with Crippen LogP contribution in [0.3, 0.4) is 0 Å². The third kappa shape index (κ3) is 3.09. The number of amides is 1. The highest BCUT2D eigenvalue weighted by molar-refractivity contribution is 6.31. The normalized spacial score (nSPS) is 10.2. The van der Waals surface area contributed by atoms with E-state index in [1.807, 2.05) is 0 Å². The van der Waals surface area contributed by atoms with E-state index in [0.717, 1.165) is 6.07 Å². The number of nitro benzene ring substituents is 1. The number of rotatable bonds is 3. The van der Waals surface area contributed by atoms with E-state index in [4.69, 9.17) is 17.3 Å². The first kappa shape index (κ1) is 14.7. The van der Waals surface area contributed by atoms with Crippen LogP contribution in [0, 0.1) is 15.9 Å². The number of carbonyl (C=O) groups excluding carboxylic acids is 1. The van der Waals surface area contributed by atoms with Crippen molar-refractivity contribution in [1.82, 2.24) is 0 Å². The molecule has 0 atom stereocenters. The molecule has 0 spiro atoms. The Bertz CT molecular complexity index is 737. The summed E-state index contributed by atoms with van der Waals surface area (Å²) in [6, 6.07) is 7.52. The Balaban J connectivity index is 2.30. The Morgan fingerprint density at radius 1 is 1.33 bits per heavy atom. The van der Waals surface area contributed by atoms with E-state index in [-0.39, 0.29) is 27.6 Å². The lowest BCUT2D eigenvalue weighted by molar-refractivity contribution is -0.383. The van der Waals surface area contributed by atoms with Crippen LogP contribution in [-0.4, -0.2) is 10.8 Å². The summed E-state index contributed by atoms with van der Waals surface area (Å²) in [5, 5.41) is 13.1. The molecule has 8 heteroatoms. The maximum absolute atomic E-state index is 13.0. The van der Waals surface area contributed by atoms with E-state index >= 15 is 0 Å². The zero-order valence-corrected chi connectivity index (χ0v) is 11.2. The average Bonchev–Trinajstić information content (AvgIpc) is 2.42. The molecule has 0 heterocycles.